The maximum absolute atomic E-state index is 12.3. The van der Waals surface area contributed by atoms with Gasteiger partial charge in [-0.15, -0.1) is 0 Å². The lowest BCUT2D eigenvalue weighted by Gasteiger charge is -2.21. The van der Waals surface area contributed by atoms with Gasteiger partial charge in [0, 0.05) is 13.1 Å². The normalized spacial score (nSPS) is 12.1. The summed E-state index contributed by atoms with van der Waals surface area (Å²) in [6, 6.07) is 7.06. The van der Waals surface area contributed by atoms with Crippen LogP contribution in [0.15, 0.2) is 34.9 Å². The Morgan fingerprint density at radius 3 is 2.72 bits per heavy atom. The van der Waals surface area contributed by atoms with E-state index in [-0.39, 0.29) is 19.3 Å². The minimum atomic E-state index is -0.571. The Morgan fingerprint density at radius 1 is 1.20 bits per heavy atom. The number of hydrogen-bond acceptors (Lipinski definition) is 6. The third-order valence-corrected chi connectivity index (χ3v) is 3.95. The van der Waals surface area contributed by atoms with Crippen LogP contribution in [0.2, 0.25) is 0 Å². The fraction of sp³-hybridized carbons (Fsp3) is 0.333. The molecule has 0 unspecified atom stereocenters. The Kier molecular flexibility index (Phi) is 4.92. The van der Waals surface area contributed by atoms with E-state index >= 15 is 0 Å². The maximum Gasteiger partial charge on any atom is 0.342 e. The van der Waals surface area contributed by atoms with Gasteiger partial charge in [0.15, 0.2) is 18.1 Å². The predicted octanol–water partition coefficient (Wildman–Crippen LogP) is 2.52. The summed E-state index contributed by atoms with van der Waals surface area (Å²) in [4.78, 5) is 25.9. The third-order valence-electron chi connectivity index (χ3n) is 3.95. The van der Waals surface area contributed by atoms with E-state index in [2.05, 4.69) is 0 Å². The fourth-order valence-corrected chi connectivity index (χ4v) is 2.53. The van der Waals surface area contributed by atoms with Crippen molar-refractivity contribution < 1.29 is 28.2 Å². The van der Waals surface area contributed by atoms with E-state index in [9.17, 15) is 9.59 Å². The van der Waals surface area contributed by atoms with Crippen molar-refractivity contribution in [3.05, 3.63) is 47.4 Å². The van der Waals surface area contributed by atoms with Crippen LogP contribution in [0.4, 0.5) is 0 Å². The third kappa shape index (κ3) is 3.76. The van der Waals surface area contributed by atoms with Crippen molar-refractivity contribution in [2.24, 2.45) is 0 Å². The van der Waals surface area contributed by atoms with E-state index < -0.39 is 5.97 Å². The van der Waals surface area contributed by atoms with Gasteiger partial charge in [-0.3, -0.25) is 4.79 Å². The zero-order valence-corrected chi connectivity index (χ0v) is 14.1. The van der Waals surface area contributed by atoms with Gasteiger partial charge in [0.05, 0.1) is 6.26 Å². The first kappa shape index (κ1) is 16.9. The zero-order valence-electron chi connectivity index (χ0n) is 14.1. The molecule has 25 heavy (non-hydrogen) atoms. The molecule has 0 atom stereocenters. The molecule has 0 fully saturated rings. The minimum Gasteiger partial charge on any atom is -0.469 e. The molecule has 1 aromatic heterocycles. The van der Waals surface area contributed by atoms with Gasteiger partial charge in [0.25, 0.3) is 5.91 Å². The van der Waals surface area contributed by atoms with Crippen molar-refractivity contribution >= 4 is 11.9 Å². The molecule has 0 aliphatic carbocycles. The summed E-state index contributed by atoms with van der Waals surface area (Å²) in [5.41, 5.74) is 1.24. The molecule has 0 saturated heterocycles. The summed E-state index contributed by atoms with van der Waals surface area (Å²) >= 11 is 0. The number of fused-ring (bicyclic) bond motifs is 1. The quantitative estimate of drug-likeness (QED) is 0.749. The van der Waals surface area contributed by atoms with Crippen LogP contribution >= 0.6 is 0 Å². The zero-order chi connectivity index (χ0) is 17.8. The van der Waals surface area contributed by atoms with Crippen molar-refractivity contribution in [1.82, 2.24) is 4.90 Å². The first-order chi connectivity index (χ1) is 12.1. The molecule has 3 rings (SSSR count). The number of ether oxygens (including phenoxy) is 3. The topological polar surface area (TPSA) is 78.2 Å². The molecule has 0 radical (unpaired) electrons. The molecule has 7 heteroatoms. The molecule has 132 valence electrons. The Labute approximate surface area is 145 Å². The van der Waals surface area contributed by atoms with E-state index in [1.165, 1.54) is 12.3 Å². The summed E-state index contributed by atoms with van der Waals surface area (Å²) in [5.74, 6) is 0.990. The SMILES string of the molecule is CCN(Cc1ccc2c(c1)OCO2)C(=O)COC(=O)c1ccoc1C. The van der Waals surface area contributed by atoms with E-state index in [0.717, 1.165) is 5.56 Å². The van der Waals surface area contributed by atoms with Crippen LogP contribution in [-0.4, -0.2) is 36.7 Å². The summed E-state index contributed by atoms with van der Waals surface area (Å²) in [5, 5.41) is 0. The number of nitrogens with zero attached hydrogens (tertiary/aromatic N) is 1. The number of aryl methyl sites for hydroxylation is 1. The first-order valence-corrected chi connectivity index (χ1v) is 7.96. The summed E-state index contributed by atoms with van der Waals surface area (Å²) in [6.07, 6.45) is 1.41. The second-order valence-electron chi connectivity index (χ2n) is 5.56. The monoisotopic (exact) mass is 345 g/mol. The number of esters is 1. The summed E-state index contributed by atoms with van der Waals surface area (Å²) in [7, 11) is 0. The van der Waals surface area contributed by atoms with Gasteiger partial charge in [0.1, 0.15) is 11.3 Å². The van der Waals surface area contributed by atoms with Crippen LogP contribution in [-0.2, 0) is 16.1 Å². The van der Waals surface area contributed by atoms with Crippen LogP contribution in [0, 0.1) is 6.92 Å². The smallest absolute Gasteiger partial charge is 0.342 e. The number of likely N-dealkylation sites (N-methyl/N-ethyl adjacent to an activating group) is 1. The highest BCUT2D eigenvalue weighted by Crippen LogP contribution is 2.32. The highest BCUT2D eigenvalue weighted by molar-refractivity contribution is 5.92. The van der Waals surface area contributed by atoms with Gasteiger partial charge in [-0.05, 0) is 37.6 Å². The van der Waals surface area contributed by atoms with Crippen LogP contribution < -0.4 is 9.47 Å². The van der Waals surface area contributed by atoms with Crippen molar-refractivity contribution in [2.45, 2.75) is 20.4 Å². The molecule has 1 aromatic carbocycles. The number of carbonyl (C=O) groups excluding carboxylic acids is 2. The molecule has 1 aliphatic rings. The number of rotatable bonds is 6. The van der Waals surface area contributed by atoms with E-state index in [0.29, 0.717) is 35.9 Å². The first-order valence-electron chi connectivity index (χ1n) is 7.96. The lowest BCUT2D eigenvalue weighted by Crippen LogP contribution is -2.34. The molecule has 2 aromatic rings. The molecule has 0 spiro atoms. The van der Waals surface area contributed by atoms with E-state index in [4.69, 9.17) is 18.6 Å². The average molecular weight is 345 g/mol. The number of benzene rings is 1. The highest BCUT2D eigenvalue weighted by Gasteiger charge is 2.19. The minimum absolute atomic E-state index is 0.207. The highest BCUT2D eigenvalue weighted by atomic mass is 16.7. The molecule has 1 aliphatic heterocycles. The molecule has 7 nitrogen and oxygen atoms in total. The number of amides is 1. The Hall–Kier alpha value is -2.96. The van der Waals surface area contributed by atoms with Gasteiger partial charge in [-0.2, -0.15) is 0 Å². The van der Waals surface area contributed by atoms with Crippen molar-refractivity contribution in [2.75, 3.05) is 19.9 Å². The second kappa shape index (κ2) is 7.29. The van der Waals surface area contributed by atoms with Crippen LogP contribution in [0.3, 0.4) is 0 Å². The molecule has 2 heterocycles. The number of furan rings is 1. The summed E-state index contributed by atoms with van der Waals surface area (Å²) in [6.45, 7) is 4.31. The second-order valence-corrected chi connectivity index (χ2v) is 5.56. The standard InChI is InChI=1S/C18H19NO6/c1-3-19(9-13-4-5-15-16(8-13)25-11-24-15)17(20)10-23-18(21)14-6-7-22-12(14)2/h4-8H,3,9-11H2,1-2H3. The van der Waals surface area contributed by atoms with Crippen molar-refractivity contribution in [1.29, 1.82) is 0 Å². The lowest BCUT2D eigenvalue weighted by molar-refractivity contribution is -0.134. The number of hydrogen-bond donors (Lipinski definition) is 0. The molecule has 0 bridgehead atoms. The van der Waals surface area contributed by atoms with E-state index in [1.807, 2.05) is 25.1 Å². The maximum atomic E-state index is 12.3. The van der Waals surface area contributed by atoms with Gasteiger partial charge < -0.3 is 23.5 Å². The fourth-order valence-electron chi connectivity index (χ4n) is 2.53. The van der Waals surface area contributed by atoms with Gasteiger partial charge in [-0.25, -0.2) is 4.79 Å². The predicted molar refractivity (Wildman–Crippen MR) is 87.4 cm³/mol. The van der Waals surface area contributed by atoms with E-state index in [1.54, 1.807) is 11.8 Å². The molecular formula is C18H19NO6. The Balaban J connectivity index is 1.58. The Bertz CT molecular complexity index is 782. The van der Waals surface area contributed by atoms with Gasteiger partial charge in [0.2, 0.25) is 6.79 Å². The van der Waals surface area contributed by atoms with Gasteiger partial charge >= 0.3 is 5.97 Å². The molecule has 1 amide bonds. The van der Waals surface area contributed by atoms with Crippen LogP contribution in [0.25, 0.3) is 0 Å². The van der Waals surface area contributed by atoms with Gasteiger partial charge in [-0.1, -0.05) is 6.07 Å². The molecule has 0 N–H and O–H groups in total. The number of carbonyl (C=O) groups is 2. The summed E-state index contributed by atoms with van der Waals surface area (Å²) < 4.78 is 20.8. The largest absolute Gasteiger partial charge is 0.469 e. The Morgan fingerprint density at radius 2 is 2.00 bits per heavy atom. The van der Waals surface area contributed by atoms with Crippen LogP contribution in [0.1, 0.15) is 28.6 Å². The lowest BCUT2D eigenvalue weighted by atomic mass is 10.2. The van der Waals surface area contributed by atoms with Crippen molar-refractivity contribution in [3.8, 4) is 11.5 Å². The molecular weight excluding hydrogens is 326 g/mol. The average Bonchev–Trinajstić information content (AvgIpc) is 3.25. The van der Waals surface area contributed by atoms with Crippen LogP contribution in [0.5, 0.6) is 11.5 Å². The molecule has 0 saturated carbocycles. The van der Waals surface area contributed by atoms with Crippen molar-refractivity contribution in [3.63, 3.8) is 0 Å².